The molecule has 1 N–H and O–H groups in total. The summed E-state index contributed by atoms with van der Waals surface area (Å²) < 4.78 is 26.0. The minimum atomic E-state index is -3.75. The van der Waals surface area contributed by atoms with E-state index in [4.69, 9.17) is 0 Å². The van der Waals surface area contributed by atoms with Crippen molar-refractivity contribution >= 4 is 33.0 Å². The van der Waals surface area contributed by atoms with Crippen molar-refractivity contribution in [1.29, 1.82) is 0 Å². The second-order valence-corrected chi connectivity index (χ2v) is 8.37. The smallest absolute Gasteiger partial charge is 0.274 e. The van der Waals surface area contributed by atoms with Crippen molar-refractivity contribution in [2.24, 2.45) is 0 Å². The van der Waals surface area contributed by atoms with Gasteiger partial charge >= 0.3 is 0 Å². The van der Waals surface area contributed by atoms with Gasteiger partial charge in [-0.3, -0.25) is 19.2 Å². The summed E-state index contributed by atoms with van der Waals surface area (Å²) in [5, 5.41) is 13.7. The van der Waals surface area contributed by atoms with Crippen LogP contribution in [0, 0.1) is 24.0 Å². The monoisotopic (exact) mass is 405 g/mol. The fourth-order valence-electron chi connectivity index (χ4n) is 2.92. The number of carbonyl (C=O) groups excluding carboxylic acids is 1. The summed E-state index contributed by atoms with van der Waals surface area (Å²) in [6, 6.07) is 10.2. The first-order valence-corrected chi connectivity index (χ1v) is 10.5. The van der Waals surface area contributed by atoms with E-state index >= 15 is 0 Å². The molecule has 0 aliphatic rings. The number of anilines is 2. The quantitative estimate of drug-likeness (QED) is 0.561. The van der Waals surface area contributed by atoms with Crippen LogP contribution in [0.4, 0.5) is 17.1 Å². The number of amides is 1. The Bertz CT molecular complexity index is 987. The van der Waals surface area contributed by atoms with Crippen molar-refractivity contribution in [2.75, 3.05) is 15.9 Å². The van der Waals surface area contributed by atoms with E-state index in [-0.39, 0.29) is 17.8 Å². The first-order valence-electron chi connectivity index (χ1n) is 8.67. The van der Waals surface area contributed by atoms with Gasteiger partial charge in [0.2, 0.25) is 15.9 Å². The highest BCUT2D eigenvalue weighted by Crippen LogP contribution is 2.27. The number of sulfonamides is 1. The van der Waals surface area contributed by atoms with E-state index < -0.39 is 26.9 Å². The lowest BCUT2D eigenvalue weighted by Gasteiger charge is -2.30. The van der Waals surface area contributed by atoms with E-state index in [0.717, 1.165) is 16.1 Å². The molecule has 28 heavy (non-hydrogen) atoms. The highest BCUT2D eigenvalue weighted by atomic mass is 32.2. The fraction of sp³-hybridized carbons (Fsp3) is 0.316. The molecule has 0 aliphatic carbocycles. The van der Waals surface area contributed by atoms with Crippen LogP contribution in [0.15, 0.2) is 42.5 Å². The molecule has 0 saturated carbocycles. The molecule has 0 unspecified atom stereocenters. The summed E-state index contributed by atoms with van der Waals surface area (Å²) in [6.45, 7) is 5.11. The van der Waals surface area contributed by atoms with E-state index in [2.05, 4.69) is 5.32 Å². The second-order valence-electron chi connectivity index (χ2n) is 6.51. The predicted octanol–water partition coefficient (Wildman–Crippen LogP) is 3.39. The molecule has 0 bridgehead atoms. The third-order valence-electron chi connectivity index (χ3n) is 4.38. The Labute approximate surface area is 164 Å². The zero-order chi connectivity index (χ0) is 21.1. The van der Waals surface area contributed by atoms with Crippen molar-refractivity contribution in [3.05, 3.63) is 63.7 Å². The maximum atomic E-state index is 12.9. The number of benzene rings is 2. The molecule has 2 aromatic rings. The largest absolute Gasteiger partial charge is 0.324 e. The summed E-state index contributed by atoms with van der Waals surface area (Å²) in [5.74, 6) is -0.558. The summed E-state index contributed by atoms with van der Waals surface area (Å²) in [4.78, 5) is 23.5. The van der Waals surface area contributed by atoms with Crippen LogP contribution in [0.2, 0.25) is 0 Å². The number of nitrogens with zero attached hydrogens (tertiary/aromatic N) is 2. The number of nitro benzene ring substituents is 1. The van der Waals surface area contributed by atoms with Crippen LogP contribution in [0.1, 0.15) is 24.5 Å². The molecule has 0 radical (unpaired) electrons. The van der Waals surface area contributed by atoms with E-state index in [1.165, 1.54) is 19.1 Å². The Morgan fingerprint density at radius 2 is 1.79 bits per heavy atom. The van der Waals surface area contributed by atoms with Gasteiger partial charge in [-0.15, -0.1) is 0 Å². The lowest BCUT2D eigenvalue weighted by atomic mass is 10.1. The molecule has 0 fully saturated rings. The number of hydrogen-bond donors (Lipinski definition) is 1. The maximum absolute atomic E-state index is 12.9. The van der Waals surface area contributed by atoms with E-state index in [1.807, 2.05) is 6.92 Å². The molecule has 0 aliphatic heterocycles. The highest BCUT2D eigenvalue weighted by Gasteiger charge is 2.32. The Morgan fingerprint density at radius 1 is 1.18 bits per heavy atom. The third kappa shape index (κ3) is 4.66. The Kier molecular flexibility index (Phi) is 6.40. The lowest BCUT2D eigenvalue weighted by Crippen LogP contribution is -2.47. The number of aryl methyl sites for hydroxylation is 1. The van der Waals surface area contributed by atoms with Crippen molar-refractivity contribution in [1.82, 2.24) is 0 Å². The molecule has 0 saturated heterocycles. The number of nitrogens with one attached hydrogen (secondary N) is 1. The SMILES string of the molecule is CC[C@H](C(=O)Nc1cccc([N+](=O)[O-])c1C)N(c1ccc(C)cc1)S(C)(=O)=O. The van der Waals surface area contributed by atoms with Gasteiger partial charge in [0.05, 0.1) is 28.1 Å². The number of hydrogen-bond acceptors (Lipinski definition) is 5. The van der Waals surface area contributed by atoms with Crippen molar-refractivity contribution in [2.45, 2.75) is 33.2 Å². The van der Waals surface area contributed by atoms with Gasteiger partial charge in [0, 0.05) is 6.07 Å². The van der Waals surface area contributed by atoms with E-state index in [1.54, 1.807) is 37.3 Å². The zero-order valence-corrected chi connectivity index (χ0v) is 17.0. The van der Waals surface area contributed by atoms with Gasteiger partial charge in [-0.05, 0) is 38.5 Å². The molecule has 2 aromatic carbocycles. The molecule has 0 heterocycles. The molecule has 2 rings (SSSR count). The van der Waals surface area contributed by atoms with Gasteiger partial charge < -0.3 is 5.32 Å². The second kappa shape index (κ2) is 8.39. The van der Waals surface area contributed by atoms with Gasteiger partial charge in [-0.2, -0.15) is 0 Å². The van der Waals surface area contributed by atoms with Crippen LogP contribution < -0.4 is 9.62 Å². The van der Waals surface area contributed by atoms with Crippen LogP contribution in [0.3, 0.4) is 0 Å². The third-order valence-corrected chi connectivity index (χ3v) is 5.56. The minimum Gasteiger partial charge on any atom is -0.324 e. The zero-order valence-electron chi connectivity index (χ0n) is 16.2. The number of rotatable bonds is 7. The predicted molar refractivity (Wildman–Crippen MR) is 109 cm³/mol. The minimum absolute atomic E-state index is 0.121. The number of nitro groups is 1. The summed E-state index contributed by atoms with van der Waals surface area (Å²) in [5.41, 5.74) is 1.80. The van der Waals surface area contributed by atoms with Gasteiger partial charge in [0.15, 0.2) is 0 Å². The molecule has 150 valence electrons. The molecular formula is C19H23N3O5S. The molecule has 9 heteroatoms. The molecule has 0 aromatic heterocycles. The average molecular weight is 405 g/mol. The summed E-state index contributed by atoms with van der Waals surface area (Å²) >= 11 is 0. The lowest BCUT2D eigenvalue weighted by molar-refractivity contribution is -0.385. The van der Waals surface area contributed by atoms with Gasteiger partial charge in [0.25, 0.3) is 5.69 Å². The van der Waals surface area contributed by atoms with Crippen LogP contribution in [0.5, 0.6) is 0 Å². The number of carbonyl (C=O) groups is 1. The first-order chi connectivity index (χ1) is 13.1. The summed E-state index contributed by atoms with van der Waals surface area (Å²) in [6.07, 6.45) is 1.27. The Morgan fingerprint density at radius 3 is 2.29 bits per heavy atom. The molecule has 8 nitrogen and oxygen atoms in total. The normalized spacial score (nSPS) is 12.3. The highest BCUT2D eigenvalue weighted by molar-refractivity contribution is 7.92. The van der Waals surface area contributed by atoms with Crippen LogP contribution in [-0.2, 0) is 14.8 Å². The van der Waals surface area contributed by atoms with E-state index in [0.29, 0.717) is 11.3 Å². The van der Waals surface area contributed by atoms with Crippen LogP contribution >= 0.6 is 0 Å². The van der Waals surface area contributed by atoms with Crippen molar-refractivity contribution in [3.8, 4) is 0 Å². The molecular weight excluding hydrogens is 382 g/mol. The standard InChI is InChI=1S/C19H23N3O5S/c1-5-17(21(28(4,26)27)15-11-9-13(2)10-12-15)19(23)20-16-7-6-8-18(14(16)3)22(24)25/h6-12,17H,5H2,1-4H3,(H,20,23)/t17-/m1/s1. The van der Waals surface area contributed by atoms with Crippen LogP contribution in [0.25, 0.3) is 0 Å². The van der Waals surface area contributed by atoms with Gasteiger partial charge in [0.1, 0.15) is 6.04 Å². The topological polar surface area (TPSA) is 110 Å². The Hall–Kier alpha value is -2.94. The van der Waals surface area contributed by atoms with Crippen molar-refractivity contribution in [3.63, 3.8) is 0 Å². The van der Waals surface area contributed by atoms with Crippen molar-refractivity contribution < 1.29 is 18.1 Å². The molecule has 1 atom stereocenters. The average Bonchev–Trinajstić information content (AvgIpc) is 2.61. The molecule has 1 amide bonds. The Balaban J connectivity index is 2.41. The van der Waals surface area contributed by atoms with Gasteiger partial charge in [-0.25, -0.2) is 8.42 Å². The fourth-order valence-corrected chi connectivity index (χ4v) is 4.14. The van der Waals surface area contributed by atoms with Crippen LogP contribution in [-0.4, -0.2) is 31.5 Å². The summed E-state index contributed by atoms with van der Waals surface area (Å²) in [7, 11) is -3.75. The molecule has 0 spiro atoms. The van der Waals surface area contributed by atoms with Gasteiger partial charge in [-0.1, -0.05) is 30.7 Å². The maximum Gasteiger partial charge on any atom is 0.274 e. The van der Waals surface area contributed by atoms with E-state index in [9.17, 15) is 23.3 Å². The first kappa shape index (κ1) is 21.4.